The van der Waals surface area contributed by atoms with E-state index in [1.54, 1.807) is 13.0 Å². The van der Waals surface area contributed by atoms with Gasteiger partial charge in [0.05, 0.1) is 11.3 Å². The molecule has 0 bridgehead atoms. The van der Waals surface area contributed by atoms with E-state index in [1.165, 1.54) is 0 Å². The molecule has 3 heteroatoms. The van der Waals surface area contributed by atoms with Crippen molar-refractivity contribution in [3.05, 3.63) is 11.6 Å². The molecular formula is C6H8N2O. The molecule has 1 aliphatic heterocycles. The molecule has 48 valence electrons. The Bertz CT molecular complexity index is 203. The standard InChI is InChI=1S/C6H8N2O/c1-3-5-4(2)7-8-6(5)9/h3H,1-2H3,(H,8,9)/b5-3-. The first-order chi connectivity index (χ1) is 4.25. The maximum Gasteiger partial charge on any atom is 0.272 e. The zero-order chi connectivity index (χ0) is 6.85. The van der Waals surface area contributed by atoms with Gasteiger partial charge in [-0.05, 0) is 13.8 Å². The topological polar surface area (TPSA) is 41.5 Å². The molecule has 0 aliphatic carbocycles. The lowest BCUT2D eigenvalue weighted by atomic mass is 10.2. The van der Waals surface area contributed by atoms with Crippen molar-refractivity contribution in [2.45, 2.75) is 13.8 Å². The Morgan fingerprint density at radius 3 is 2.56 bits per heavy atom. The van der Waals surface area contributed by atoms with Crippen molar-refractivity contribution in [2.24, 2.45) is 5.10 Å². The van der Waals surface area contributed by atoms with Crippen molar-refractivity contribution >= 4 is 11.6 Å². The van der Waals surface area contributed by atoms with Crippen LogP contribution in [0.15, 0.2) is 16.8 Å². The van der Waals surface area contributed by atoms with E-state index < -0.39 is 0 Å². The summed E-state index contributed by atoms with van der Waals surface area (Å²) in [7, 11) is 0. The fourth-order valence-electron chi connectivity index (χ4n) is 0.759. The molecule has 3 nitrogen and oxygen atoms in total. The van der Waals surface area contributed by atoms with E-state index in [4.69, 9.17) is 0 Å². The van der Waals surface area contributed by atoms with E-state index in [2.05, 4.69) is 10.5 Å². The van der Waals surface area contributed by atoms with Crippen LogP contribution in [0.3, 0.4) is 0 Å². The number of hydrazone groups is 1. The summed E-state index contributed by atoms with van der Waals surface area (Å²) in [5.74, 6) is -0.102. The largest absolute Gasteiger partial charge is 0.272 e. The molecule has 0 saturated heterocycles. The van der Waals surface area contributed by atoms with E-state index in [-0.39, 0.29) is 5.91 Å². The highest BCUT2D eigenvalue weighted by Gasteiger charge is 2.16. The fourth-order valence-corrected chi connectivity index (χ4v) is 0.759. The highest BCUT2D eigenvalue weighted by Crippen LogP contribution is 2.03. The summed E-state index contributed by atoms with van der Waals surface area (Å²) in [6, 6.07) is 0. The quantitative estimate of drug-likeness (QED) is 0.468. The number of hydrogen-bond donors (Lipinski definition) is 1. The molecule has 1 aliphatic rings. The second kappa shape index (κ2) is 2.01. The zero-order valence-corrected chi connectivity index (χ0v) is 5.43. The Kier molecular flexibility index (Phi) is 1.34. The second-order valence-corrected chi connectivity index (χ2v) is 1.84. The first kappa shape index (κ1) is 6.01. The van der Waals surface area contributed by atoms with Gasteiger partial charge in [0.25, 0.3) is 5.91 Å². The number of carbonyl (C=O) groups is 1. The van der Waals surface area contributed by atoms with Crippen LogP contribution >= 0.6 is 0 Å². The molecule has 0 aromatic heterocycles. The van der Waals surface area contributed by atoms with Gasteiger partial charge >= 0.3 is 0 Å². The van der Waals surface area contributed by atoms with Gasteiger partial charge < -0.3 is 0 Å². The Hall–Kier alpha value is -1.12. The highest BCUT2D eigenvalue weighted by atomic mass is 16.2. The van der Waals surface area contributed by atoms with Gasteiger partial charge in [0, 0.05) is 0 Å². The van der Waals surface area contributed by atoms with Gasteiger partial charge in [-0.3, -0.25) is 4.79 Å². The molecular weight excluding hydrogens is 116 g/mol. The molecule has 1 heterocycles. The molecule has 9 heavy (non-hydrogen) atoms. The minimum Gasteiger partial charge on any atom is -0.267 e. The van der Waals surface area contributed by atoms with Gasteiger partial charge in [0.15, 0.2) is 0 Å². The van der Waals surface area contributed by atoms with Crippen LogP contribution in [-0.4, -0.2) is 11.6 Å². The van der Waals surface area contributed by atoms with Crippen LogP contribution in [0.1, 0.15) is 13.8 Å². The lowest BCUT2D eigenvalue weighted by Gasteiger charge is -1.87. The van der Waals surface area contributed by atoms with Gasteiger partial charge in [-0.15, -0.1) is 0 Å². The van der Waals surface area contributed by atoms with E-state index in [1.807, 2.05) is 6.92 Å². The Morgan fingerprint density at radius 2 is 2.33 bits per heavy atom. The van der Waals surface area contributed by atoms with Crippen molar-refractivity contribution in [2.75, 3.05) is 0 Å². The number of carbonyl (C=O) groups excluding carboxylic acids is 1. The number of hydrogen-bond acceptors (Lipinski definition) is 2. The zero-order valence-electron chi connectivity index (χ0n) is 5.43. The van der Waals surface area contributed by atoms with Gasteiger partial charge in [0.2, 0.25) is 0 Å². The molecule has 0 spiro atoms. The first-order valence-corrected chi connectivity index (χ1v) is 2.77. The smallest absolute Gasteiger partial charge is 0.267 e. The third-order valence-electron chi connectivity index (χ3n) is 1.25. The molecule has 0 aromatic rings. The van der Waals surface area contributed by atoms with Crippen LogP contribution in [0, 0.1) is 0 Å². The number of nitrogens with one attached hydrogen (secondary N) is 1. The summed E-state index contributed by atoms with van der Waals surface area (Å²) in [4.78, 5) is 10.7. The van der Waals surface area contributed by atoms with Crippen LogP contribution in [-0.2, 0) is 4.79 Å². The Morgan fingerprint density at radius 1 is 1.67 bits per heavy atom. The van der Waals surface area contributed by atoms with Crippen molar-refractivity contribution in [1.29, 1.82) is 0 Å². The molecule has 0 atom stereocenters. The van der Waals surface area contributed by atoms with Crippen molar-refractivity contribution in [3.8, 4) is 0 Å². The Labute approximate surface area is 53.4 Å². The third-order valence-corrected chi connectivity index (χ3v) is 1.25. The van der Waals surface area contributed by atoms with E-state index in [9.17, 15) is 4.79 Å². The van der Waals surface area contributed by atoms with Crippen LogP contribution in [0.5, 0.6) is 0 Å². The fraction of sp³-hybridized carbons (Fsp3) is 0.333. The van der Waals surface area contributed by atoms with Crippen LogP contribution < -0.4 is 5.43 Å². The number of allylic oxidation sites excluding steroid dienone is 1. The van der Waals surface area contributed by atoms with Crippen molar-refractivity contribution in [3.63, 3.8) is 0 Å². The van der Waals surface area contributed by atoms with Crippen LogP contribution in [0.4, 0.5) is 0 Å². The summed E-state index contributed by atoms with van der Waals surface area (Å²) >= 11 is 0. The minimum absolute atomic E-state index is 0.102. The molecule has 0 radical (unpaired) electrons. The van der Waals surface area contributed by atoms with Crippen LogP contribution in [0.25, 0.3) is 0 Å². The lowest BCUT2D eigenvalue weighted by Crippen LogP contribution is -2.12. The predicted molar refractivity (Wildman–Crippen MR) is 35.0 cm³/mol. The van der Waals surface area contributed by atoms with E-state index >= 15 is 0 Å². The summed E-state index contributed by atoms with van der Waals surface area (Å²) in [5.41, 5.74) is 3.79. The predicted octanol–water partition coefficient (Wildman–Crippen LogP) is 0.438. The maximum atomic E-state index is 10.7. The number of nitrogens with zero attached hydrogens (tertiary/aromatic N) is 1. The maximum absolute atomic E-state index is 10.7. The number of rotatable bonds is 0. The average molecular weight is 124 g/mol. The molecule has 0 saturated carbocycles. The molecule has 1 rings (SSSR count). The molecule has 1 amide bonds. The van der Waals surface area contributed by atoms with Crippen molar-refractivity contribution in [1.82, 2.24) is 5.43 Å². The van der Waals surface area contributed by atoms with Gasteiger partial charge in [-0.25, -0.2) is 5.43 Å². The summed E-state index contributed by atoms with van der Waals surface area (Å²) in [6.07, 6.45) is 1.75. The molecule has 0 fully saturated rings. The van der Waals surface area contributed by atoms with Gasteiger partial charge in [-0.2, -0.15) is 5.10 Å². The summed E-state index contributed by atoms with van der Waals surface area (Å²) in [6.45, 7) is 3.62. The van der Waals surface area contributed by atoms with Crippen molar-refractivity contribution < 1.29 is 4.79 Å². The monoisotopic (exact) mass is 124 g/mol. The van der Waals surface area contributed by atoms with Gasteiger partial charge in [0.1, 0.15) is 0 Å². The third kappa shape index (κ3) is 0.850. The lowest BCUT2D eigenvalue weighted by molar-refractivity contribution is -0.116. The van der Waals surface area contributed by atoms with Crippen LogP contribution in [0.2, 0.25) is 0 Å². The number of amides is 1. The average Bonchev–Trinajstić information content (AvgIpc) is 2.12. The SMILES string of the molecule is C/C=C1\C(=O)NN=C1C. The molecule has 0 aromatic carbocycles. The van der Waals surface area contributed by atoms with Gasteiger partial charge in [-0.1, -0.05) is 6.08 Å². The molecule has 0 unspecified atom stereocenters. The minimum atomic E-state index is -0.102. The second-order valence-electron chi connectivity index (χ2n) is 1.84. The summed E-state index contributed by atoms with van der Waals surface area (Å²) in [5, 5.41) is 3.72. The summed E-state index contributed by atoms with van der Waals surface area (Å²) < 4.78 is 0. The normalized spacial score (nSPS) is 22.2. The Balaban J connectivity index is 2.93. The highest BCUT2D eigenvalue weighted by molar-refractivity contribution is 6.23. The van der Waals surface area contributed by atoms with E-state index in [0.29, 0.717) is 5.57 Å². The molecule has 1 N–H and O–H groups in total. The van der Waals surface area contributed by atoms with E-state index in [0.717, 1.165) is 5.71 Å². The first-order valence-electron chi connectivity index (χ1n) is 2.77.